The van der Waals surface area contributed by atoms with Crippen LogP contribution in [0, 0.1) is 5.82 Å². The number of carbonyl (C=O) groups is 1. The molecule has 4 nitrogen and oxygen atoms in total. The molecular weight excluding hydrogens is 352 g/mol. The van der Waals surface area contributed by atoms with E-state index in [9.17, 15) is 22.4 Å². The minimum absolute atomic E-state index is 0.0359. The van der Waals surface area contributed by atoms with Crippen LogP contribution in [0.15, 0.2) is 42.5 Å². The molecule has 0 amide bonds. The van der Waals surface area contributed by atoms with Gasteiger partial charge in [-0.25, -0.2) is 9.18 Å². The molecule has 1 N–H and O–H groups in total. The molecule has 0 unspecified atom stereocenters. The maximum absolute atomic E-state index is 14.1. The van der Waals surface area contributed by atoms with Gasteiger partial charge < -0.3 is 14.9 Å². The van der Waals surface area contributed by atoms with Crippen molar-refractivity contribution in [2.24, 2.45) is 0 Å². The Morgan fingerprint density at radius 3 is 2.08 bits per heavy atom. The van der Waals surface area contributed by atoms with Gasteiger partial charge in [-0.3, -0.25) is 0 Å². The summed E-state index contributed by atoms with van der Waals surface area (Å²) in [6.45, 7) is 1.10. The molecule has 0 spiro atoms. The normalized spacial score (nSPS) is 15.2. The van der Waals surface area contributed by atoms with E-state index in [0.717, 1.165) is 12.1 Å². The predicted octanol–water partition coefficient (Wildman–Crippen LogP) is 3.87. The lowest BCUT2D eigenvalue weighted by molar-refractivity contribution is -0.137. The van der Waals surface area contributed by atoms with E-state index >= 15 is 0 Å². The van der Waals surface area contributed by atoms with Crippen molar-refractivity contribution in [3.8, 4) is 0 Å². The number of para-hydroxylation sites is 1. The van der Waals surface area contributed by atoms with Gasteiger partial charge in [-0.15, -0.1) is 0 Å². The molecule has 138 valence electrons. The first-order valence-electron chi connectivity index (χ1n) is 7.96. The number of hydrogen-bond acceptors (Lipinski definition) is 3. The first-order chi connectivity index (χ1) is 12.3. The largest absolute Gasteiger partial charge is 0.478 e. The van der Waals surface area contributed by atoms with Gasteiger partial charge in [0.05, 0.1) is 16.8 Å². The van der Waals surface area contributed by atoms with Crippen LogP contribution in [0.5, 0.6) is 0 Å². The lowest BCUT2D eigenvalue weighted by Gasteiger charge is -2.38. The zero-order valence-electron chi connectivity index (χ0n) is 13.6. The Morgan fingerprint density at radius 1 is 0.923 bits per heavy atom. The van der Waals surface area contributed by atoms with Crippen LogP contribution in [0.2, 0.25) is 0 Å². The van der Waals surface area contributed by atoms with Crippen molar-refractivity contribution in [2.45, 2.75) is 6.18 Å². The highest BCUT2D eigenvalue weighted by molar-refractivity contribution is 5.89. The number of piperazine rings is 1. The molecule has 0 aromatic heterocycles. The Hall–Kier alpha value is -2.77. The standard InChI is InChI=1S/C18H16F4N2O2/c19-14-6-5-12(17(25)26)11-16(14)24-9-7-23(8-10-24)15-4-2-1-3-13(15)18(20,21)22/h1-6,11H,7-10H2,(H,25,26). The minimum atomic E-state index is -4.45. The highest BCUT2D eigenvalue weighted by Gasteiger charge is 2.35. The maximum atomic E-state index is 14.1. The lowest BCUT2D eigenvalue weighted by atomic mass is 10.1. The summed E-state index contributed by atoms with van der Waals surface area (Å²) < 4.78 is 53.6. The van der Waals surface area contributed by atoms with Crippen LogP contribution in [0.4, 0.5) is 28.9 Å². The number of aromatic carboxylic acids is 1. The van der Waals surface area contributed by atoms with Crippen LogP contribution in [0.1, 0.15) is 15.9 Å². The Morgan fingerprint density at radius 2 is 1.50 bits per heavy atom. The van der Waals surface area contributed by atoms with Gasteiger partial charge >= 0.3 is 12.1 Å². The molecule has 1 heterocycles. The van der Waals surface area contributed by atoms with Gasteiger partial charge in [-0.05, 0) is 30.3 Å². The number of benzene rings is 2. The Labute approximate surface area is 147 Å². The molecule has 0 saturated carbocycles. The summed E-state index contributed by atoms with van der Waals surface area (Å²) in [5.41, 5.74) is -0.494. The van der Waals surface area contributed by atoms with Crippen LogP contribution in [0.25, 0.3) is 0 Å². The van der Waals surface area contributed by atoms with Crippen molar-refractivity contribution in [3.63, 3.8) is 0 Å². The maximum Gasteiger partial charge on any atom is 0.418 e. The Kier molecular flexibility index (Phi) is 4.76. The highest BCUT2D eigenvalue weighted by Crippen LogP contribution is 2.37. The van der Waals surface area contributed by atoms with Crippen molar-refractivity contribution in [3.05, 3.63) is 59.4 Å². The first-order valence-corrected chi connectivity index (χ1v) is 7.96. The fourth-order valence-corrected chi connectivity index (χ4v) is 3.07. The van der Waals surface area contributed by atoms with Crippen molar-refractivity contribution >= 4 is 17.3 Å². The third-order valence-electron chi connectivity index (χ3n) is 4.36. The minimum Gasteiger partial charge on any atom is -0.478 e. The molecule has 2 aromatic carbocycles. The van der Waals surface area contributed by atoms with Crippen LogP contribution >= 0.6 is 0 Å². The zero-order valence-corrected chi connectivity index (χ0v) is 13.6. The molecule has 1 aliphatic rings. The summed E-state index contributed by atoms with van der Waals surface area (Å²) >= 11 is 0. The summed E-state index contributed by atoms with van der Waals surface area (Å²) in [7, 11) is 0. The Bertz CT molecular complexity index is 815. The van der Waals surface area contributed by atoms with Gasteiger partial charge in [0.1, 0.15) is 5.82 Å². The van der Waals surface area contributed by atoms with E-state index < -0.39 is 23.5 Å². The third-order valence-corrected chi connectivity index (χ3v) is 4.36. The van der Waals surface area contributed by atoms with Crippen LogP contribution in [-0.4, -0.2) is 37.3 Å². The molecule has 1 saturated heterocycles. The van der Waals surface area contributed by atoms with Crippen LogP contribution in [0.3, 0.4) is 0 Å². The van der Waals surface area contributed by atoms with Gasteiger partial charge in [0.25, 0.3) is 0 Å². The fraction of sp³-hybridized carbons (Fsp3) is 0.278. The molecule has 1 fully saturated rings. The number of anilines is 2. The molecule has 8 heteroatoms. The molecule has 2 aromatic rings. The van der Waals surface area contributed by atoms with Gasteiger partial charge in [-0.2, -0.15) is 13.2 Å². The lowest BCUT2D eigenvalue weighted by Crippen LogP contribution is -2.47. The molecule has 0 bridgehead atoms. The van der Waals surface area contributed by atoms with E-state index in [1.807, 2.05) is 0 Å². The zero-order chi connectivity index (χ0) is 18.9. The Balaban J connectivity index is 1.79. The molecule has 3 rings (SSSR count). The van der Waals surface area contributed by atoms with E-state index in [-0.39, 0.29) is 43.1 Å². The van der Waals surface area contributed by atoms with Crippen LogP contribution < -0.4 is 9.80 Å². The highest BCUT2D eigenvalue weighted by atomic mass is 19.4. The summed E-state index contributed by atoms with van der Waals surface area (Å²) in [5.74, 6) is -1.72. The third kappa shape index (κ3) is 3.58. The summed E-state index contributed by atoms with van der Waals surface area (Å²) in [6, 6.07) is 8.86. The summed E-state index contributed by atoms with van der Waals surface area (Å²) in [5, 5.41) is 9.04. The molecular formula is C18H16F4N2O2. The predicted molar refractivity (Wildman–Crippen MR) is 89.2 cm³/mol. The summed E-state index contributed by atoms with van der Waals surface area (Å²) in [4.78, 5) is 14.3. The number of carboxylic acids is 1. The average Bonchev–Trinajstić information content (AvgIpc) is 2.61. The second kappa shape index (κ2) is 6.86. The van der Waals surface area contributed by atoms with Gasteiger partial charge in [0.15, 0.2) is 0 Å². The topological polar surface area (TPSA) is 43.8 Å². The average molecular weight is 368 g/mol. The van der Waals surface area contributed by atoms with Gasteiger partial charge in [0.2, 0.25) is 0 Å². The first kappa shape index (κ1) is 18.0. The van der Waals surface area contributed by atoms with Gasteiger partial charge in [0, 0.05) is 31.9 Å². The SMILES string of the molecule is O=C(O)c1ccc(F)c(N2CCN(c3ccccc3C(F)(F)F)CC2)c1. The van der Waals surface area contributed by atoms with Crippen molar-refractivity contribution in [1.29, 1.82) is 0 Å². The van der Waals surface area contributed by atoms with E-state index in [4.69, 9.17) is 5.11 Å². The molecule has 26 heavy (non-hydrogen) atoms. The van der Waals surface area contributed by atoms with Crippen molar-refractivity contribution in [2.75, 3.05) is 36.0 Å². The van der Waals surface area contributed by atoms with Crippen LogP contribution in [-0.2, 0) is 6.18 Å². The van der Waals surface area contributed by atoms with Gasteiger partial charge in [-0.1, -0.05) is 12.1 Å². The smallest absolute Gasteiger partial charge is 0.418 e. The monoisotopic (exact) mass is 368 g/mol. The second-order valence-electron chi connectivity index (χ2n) is 5.96. The number of carboxylic acid groups (broad SMARTS) is 1. The molecule has 0 radical (unpaired) electrons. The molecule has 0 aliphatic carbocycles. The summed E-state index contributed by atoms with van der Waals surface area (Å²) in [6.07, 6.45) is -4.45. The van der Waals surface area contributed by atoms with E-state index in [1.165, 1.54) is 24.3 Å². The van der Waals surface area contributed by atoms with E-state index in [1.54, 1.807) is 15.9 Å². The van der Waals surface area contributed by atoms with Crippen molar-refractivity contribution < 1.29 is 27.5 Å². The number of nitrogens with zero attached hydrogens (tertiary/aromatic N) is 2. The van der Waals surface area contributed by atoms with E-state index in [2.05, 4.69) is 0 Å². The van der Waals surface area contributed by atoms with E-state index in [0.29, 0.717) is 0 Å². The number of halogens is 4. The second-order valence-corrected chi connectivity index (χ2v) is 5.96. The number of rotatable bonds is 3. The molecule has 0 atom stereocenters. The molecule has 1 aliphatic heterocycles. The van der Waals surface area contributed by atoms with Crippen molar-refractivity contribution in [1.82, 2.24) is 0 Å². The number of alkyl halides is 3. The number of hydrogen-bond donors (Lipinski definition) is 1. The quantitative estimate of drug-likeness (QED) is 0.836. The fourth-order valence-electron chi connectivity index (χ4n) is 3.07.